The van der Waals surface area contributed by atoms with Gasteiger partial charge in [-0.25, -0.2) is 4.79 Å². The third-order valence-corrected chi connectivity index (χ3v) is 2.92. The number of hydrogen-bond donors (Lipinski definition) is 1. The Balaban J connectivity index is 1.89. The largest absolute Gasteiger partial charge is 0.467 e. The maximum atomic E-state index is 10.9. The molecule has 0 aromatic heterocycles. The Labute approximate surface area is 106 Å². The molecular formula is C13H17NO4. The van der Waals surface area contributed by atoms with Crippen LogP contribution in [0.2, 0.25) is 0 Å². The first-order chi connectivity index (χ1) is 8.70. The zero-order chi connectivity index (χ0) is 13.0. The average Bonchev–Trinajstić information content (AvgIpc) is 2.85. The molecule has 1 atom stereocenters. The number of rotatable bonds is 5. The van der Waals surface area contributed by atoms with Gasteiger partial charge in [0, 0.05) is 0 Å². The van der Waals surface area contributed by atoms with E-state index >= 15 is 0 Å². The van der Waals surface area contributed by atoms with E-state index in [9.17, 15) is 4.79 Å². The van der Waals surface area contributed by atoms with Crippen LogP contribution in [0.3, 0.4) is 0 Å². The molecule has 1 unspecified atom stereocenters. The molecule has 1 aliphatic rings. The number of esters is 1. The number of fused-ring (bicyclic) bond motifs is 1. The van der Waals surface area contributed by atoms with Gasteiger partial charge < -0.3 is 19.9 Å². The van der Waals surface area contributed by atoms with Crippen molar-refractivity contribution in [2.24, 2.45) is 5.73 Å². The van der Waals surface area contributed by atoms with Crippen molar-refractivity contribution in [1.82, 2.24) is 0 Å². The molecule has 0 bridgehead atoms. The van der Waals surface area contributed by atoms with Gasteiger partial charge in [-0.1, -0.05) is 18.2 Å². The molecule has 0 radical (unpaired) electrons. The molecule has 5 nitrogen and oxygen atoms in total. The lowest BCUT2D eigenvalue weighted by Crippen LogP contribution is -2.20. The van der Waals surface area contributed by atoms with Gasteiger partial charge in [0.25, 0.3) is 0 Å². The highest BCUT2D eigenvalue weighted by atomic mass is 16.6. The lowest BCUT2D eigenvalue weighted by Gasteiger charge is -2.13. The van der Waals surface area contributed by atoms with Crippen molar-refractivity contribution in [3.8, 4) is 0 Å². The fourth-order valence-electron chi connectivity index (χ4n) is 1.85. The van der Waals surface area contributed by atoms with Gasteiger partial charge in [-0.2, -0.15) is 0 Å². The zero-order valence-corrected chi connectivity index (χ0v) is 10.3. The quantitative estimate of drug-likeness (QED) is 0.787. The van der Waals surface area contributed by atoms with E-state index in [1.54, 1.807) is 0 Å². The molecule has 1 aliphatic heterocycles. The van der Waals surface area contributed by atoms with Crippen molar-refractivity contribution in [3.63, 3.8) is 0 Å². The Bertz CT molecular complexity index is 433. The first-order valence-corrected chi connectivity index (χ1v) is 5.80. The molecule has 18 heavy (non-hydrogen) atoms. The fourth-order valence-corrected chi connectivity index (χ4v) is 1.85. The minimum Gasteiger partial charge on any atom is -0.467 e. The number of nitrogens with two attached hydrogens (primary N) is 1. The Morgan fingerprint density at radius 2 is 2.22 bits per heavy atom. The van der Waals surface area contributed by atoms with Gasteiger partial charge in [-0.15, -0.1) is 0 Å². The maximum Gasteiger partial charge on any atom is 0.331 e. The summed E-state index contributed by atoms with van der Waals surface area (Å²) >= 11 is 0. The molecule has 0 spiro atoms. The predicted molar refractivity (Wildman–Crippen MR) is 64.7 cm³/mol. The lowest BCUT2D eigenvalue weighted by atomic mass is 10.0. The van der Waals surface area contributed by atoms with E-state index in [4.69, 9.17) is 15.2 Å². The maximum absolute atomic E-state index is 10.9. The van der Waals surface area contributed by atoms with E-state index in [0.29, 0.717) is 13.2 Å². The summed E-state index contributed by atoms with van der Waals surface area (Å²) < 4.78 is 15.0. The molecule has 5 heteroatoms. The summed E-state index contributed by atoms with van der Waals surface area (Å²) in [6.07, 6.45) is 0. The van der Waals surface area contributed by atoms with Gasteiger partial charge in [-0.05, 0) is 16.7 Å². The van der Waals surface area contributed by atoms with E-state index < -0.39 is 5.97 Å². The summed E-state index contributed by atoms with van der Waals surface area (Å²) in [6, 6.07) is 5.78. The third-order valence-electron chi connectivity index (χ3n) is 2.92. The number of methoxy groups -OCH3 is 1. The van der Waals surface area contributed by atoms with Gasteiger partial charge in [0.15, 0.2) is 0 Å². The molecule has 0 saturated heterocycles. The minimum atomic E-state index is -0.399. The molecule has 1 aromatic rings. The van der Waals surface area contributed by atoms with Gasteiger partial charge in [0.1, 0.15) is 6.61 Å². The second-order valence-corrected chi connectivity index (χ2v) is 4.22. The fraction of sp³-hybridized carbons (Fsp3) is 0.462. The van der Waals surface area contributed by atoms with Crippen LogP contribution in [0.1, 0.15) is 22.7 Å². The minimum absolute atomic E-state index is 0.0712. The summed E-state index contributed by atoms with van der Waals surface area (Å²) in [5.74, 6) is -0.399. The Morgan fingerprint density at radius 3 is 3.00 bits per heavy atom. The topological polar surface area (TPSA) is 70.8 Å². The molecule has 0 fully saturated rings. The predicted octanol–water partition coefficient (Wildman–Crippen LogP) is 0.906. The van der Waals surface area contributed by atoms with Crippen molar-refractivity contribution >= 4 is 5.97 Å². The Kier molecular flexibility index (Phi) is 4.30. The van der Waals surface area contributed by atoms with E-state index in [1.165, 1.54) is 18.2 Å². The van der Waals surface area contributed by atoms with Crippen LogP contribution in [0, 0.1) is 0 Å². The number of carbonyl (C=O) groups excluding carboxylic acids is 1. The highest BCUT2D eigenvalue weighted by molar-refractivity contribution is 5.70. The summed E-state index contributed by atoms with van der Waals surface area (Å²) in [5, 5.41) is 0. The molecule has 98 valence electrons. The normalized spacial score (nSPS) is 15.2. The molecule has 0 amide bonds. The van der Waals surface area contributed by atoms with Crippen molar-refractivity contribution < 1.29 is 19.0 Å². The van der Waals surface area contributed by atoms with Crippen LogP contribution in [0.4, 0.5) is 0 Å². The number of carbonyl (C=O) groups is 1. The van der Waals surface area contributed by atoms with Crippen LogP contribution >= 0.6 is 0 Å². The van der Waals surface area contributed by atoms with Crippen molar-refractivity contribution in [3.05, 3.63) is 34.9 Å². The van der Waals surface area contributed by atoms with Crippen molar-refractivity contribution in [1.29, 1.82) is 0 Å². The zero-order valence-electron chi connectivity index (χ0n) is 10.3. The van der Waals surface area contributed by atoms with E-state index in [2.05, 4.69) is 4.74 Å². The average molecular weight is 251 g/mol. The van der Waals surface area contributed by atoms with Crippen LogP contribution in [0.15, 0.2) is 18.2 Å². The third kappa shape index (κ3) is 3.07. The summed E-state index contributed by atoms with van der Waals surface area (Å²) in [4.78, 5) is 10.9. The monoisotopic (exact) mass is 251 g/mol. The molecule has 2 rings (SSSR count). The molecular weight excluding hydrogens is 234 g/mol. The number of benzene rings is 1. The van der Waals surface area contributed by atoms with Gasteiger partial charge in [0.2, 0.25) is 0 Å². The molecule has 0 saturated carbocycles. The standard InChI is InChI=1S/C13H17NO4/c1-16-13(15)8-18-7-12(14)9-2-3-10-5-17-6-11(10)4-9/h2-4,12H,5-8,14H2,1H3. The lowest BCUT2D eigenvalue weighted by molar-refractivity contribution is -0.146. The van der Waals surface area contributed by atoms with E-state index in [0.717, 1.165) is 5.56 Å². The van der Waals surface area contributed by atoms with Crippen LogP contribution in [0.5, 0.6) is 0 Å². The number of ether oxygens (including phenoxy) is 3. The molecule has 2 N–H and O–H groups in total. The van der Waals surface area contributed by atoms with Crippen LogP contribution in [-0.2, 0) is 32.2 Å². The summed E-state index contributed by atoms with van der Waals surface area (Å²) in [7, 11) is 1.33. The van der Waals surface area contributed by atoms with Crippen LogP contribution in [-0.4, -0.2) is 26.3 Å². The SMILES string of the molecule is COC(=O)COCC(N)c1ccc2c(c1)COC2. The molecule has 0 aliphatic carbocycles. The number of hydrogen-bond acceptors (Lipinski definition) is 5. The second-order valence-electron chi connectivity index (χ2n) is 4.22. The smallest absolute Gasteiger partial charge is 0.331 e. The Hall–Kier alpha value is -1.43. The summed E-state index contributed by atoms with van der Waals surface area (Å²) in [5.41, 5.74) is 9.38. The van der Waals surface area contributed by atoms with Gasteiger partial charge in [-0.3, -0.25) is 0 Å². The Morgan fingerprint density at radius 1 is 1.44 bits per heavy atom. The van der Waals surface area contributed by atoms with E-state index in [1.807, 2.05) is 18.2 Å². The van der Waals surface area contributed by atoms with Crippen molar-refractivity contribution in [2.75, 3.05) is 20.3 Å². The first kappa shape index (κ1) is 13.0. The van der Waals surface area contributed by atoms with Crippen LogP contribution in [0.25, 0.3) is 0 Å². The van der Waals surface area contributed by atoms with Crippen LogP contribution < -0.4 is 5.73 Å². The van der Waals surface area contributed by atoms with Gasteiger partial charge >= 0.3 is 5.97 Å². The van der Waals surface area contributed by atoms with Gasteiger partial charge in [0.05, 0.1) is 33.0 Å². The first-order valence-electron chi connectivity index (χ1n) is 5.80. The second kappa shape index (κ2) is 5.95. The molecule has 1 heterocycles. The van der Waals surface area contributed by atoms with Crippen molar-refractivity contribution in [2.45, 2.75) is 19.3 Å². The van der Waals surface area contributed by atoms with E-state index in [-0.39, 0.29) is 19.3 Å². The molecule has 1 aromatic carbocycles. The highest BCUT2D eigenvalue weighted by Gasteiger charge is 2.14. The highest BCUT2D eigenvalue weighted by Crippen LogP contribution is 2.23. The summed E-state index contributed by atoms with van der Waals surface area (Å²) in [6.45, 7) is 1.52.